The average Bonchev–Trinajstić information content (AvgIpc) is 2.13. The molecule has 0 N–H and O–H groups in total. The summed E-state index contributed by atoms with van der Waals surface area (Å²) in [6.07, 6.45) is 3.98. The van der Waals surface area contributed by atoms with Crippen LogP contribution in [0.3, 0.4) is 0 Å². The van der Waals surface area contributed by atoms with Crippen molar-refractivity contribution in [2.24, 2.45) is 0 Å². The third-order valence-electron chi connectivity index (χ3n) is 1.37. The van der Waals surface area contributed by atoms with E-state index in [1.165, 1.54) is 13.0 Å². The highest BCUT2D eigenvalue weighted by Crippen LogP contribution is 2.00. The van der Waals surface area contributed by atoms with Gasteiger partial charge in [-0.2, -0.15) is 5.06 Å². The van der Waals surface area contributed by atoms with Crippen LogP contribution in [0.5, 0.6) is 0 Å². The molecule has 0 atom stereocenters. The van der Waals surface area contributed by atoms with E-state index >= 15 is 0 Å². The van der Waals surface area contributed by atoms with Crippen LogP contribution in [-0.4, -0.2) is 23.5 Å². The summed E-state index contributed by atoms with van der Waals surface area (Å²) in [7, 11) is 0. The number of allylic oxidation sites excluding steroid dienone is 1. The molecule has 0 heterocycles. The van der Waals surface area contributed by atoms with Gasteiger partial charge in [-0.1, -0.05) is 12.2 Å². The van der Waals surface area contributed by atoms with E-state index < -0.39 is 5.97 Å². The van der Waals surface area contributed by atoms with Crippen LogP contribution < -0.4 is 0 Å². The first-order valence-corrected chi connectivity index (χ1v) is 4.32. The number of rotatable bonds is 5. The Hall–Kier alpha value is -1.58. The van der Waals surface area contributed by atoms with Crippen molar-refractivity contribution in [2.45, 2.75) is 19.8 Å². The summed E-state index contributed by atoms with van der Waals surface area (Å²) in [6.45, 7) is 8.42. The van der Waals surface area contributed by atoms with Crippen LogP contribution in [0.2, 0.25) is 0 Å². The van der Waals surface area contributed by atoms with E-state index in [-0.39, 0.29) is 18.9 Å². The van der Waals surface area contributed by atoms with Crippen molar-refractivity contribution < 1.29 is 14.4 Å². The second-order valence-corrected chi connectivity index (χ2v) is 2.65. The van der Waals surface area contributed by atoms with Gasteiger partial charge in [-0.25, -0.2) is 0 Å². The molecule has 4 heteroatoms. The van der Waals surface area contributed by atoms with Gasteiger partial charge in [-0.15, -0.1) is 13.2 Å². The van der Waals surface area contributed by atoms with Crippen LogP contribution >= 0.6 is 0 Å². The summed E-state index contributed by atoms with van der Waals surface area (Å²) >= 11 is 0. The number of nitrogens with zero attached hydrogens (tertiary/aromatic N) is 1. The predicted molar refractivity (Wildman–Crippen MR) is 53.1 cm³/mol. The minimum absolute atomic E-state index is 0.204. The second kappa shape index (κ2) is 6.88. The summed E-state index contributed by atoms with van der Waals surface area (Å²) in [5, 5.41) is 0.999. The zero-order valence-electron chi connectivity index (χ0n) is 8.36. The molecular weight excluding hydrogens is 182 g/mol. The van der Waals surface area contributed by atoms with Gasteiger partial charge in [-0.3, -0.25) is 9.59 Å². The summed E-state index contributed by atoms with van der Waals surface area (Å²) in [4.78, 5) is 26.7. The fraction of sp³-hybridized carbons (Fsp3) is 0.400. The molecule has 1 amide bonds. The standard InChI is InChI=1S/C10H15NO3/c1-4-6-7-10(13)11(8-5-2)14-9(3)12/h4-5H,1-2,6-8H2,3H3. The van der Waals surface area contributed by atoms with Gasteiger partial charge < -0.3 is 4.84 Å². The number of hydrogen-bond acceptors (Lipinski definition) is 3. The molecule has 14 heavy (non-hydrogen) atoms. The van der Waals surface area contributed by atoms with Gasteiger partial charge in [0.1, 0.15) is 0 Å². The third-order valence-corrected chi connectivity index (χ3v) is 1.37. The number of carbonyl (C=O) groups is 2. The molecule has 0 rings (SSSR count). The lowest BCUT2D eigenvalue weighted by Crippen LogP contribution is -2.32. The maximum absolute atomic E-state index is 11.4. The highest BCUT2D eigenvalue weighted by atomic mass is 16.7. The second-order valence-electron chi connectivity index (χ2n) is 2.65. The largest absolute Gasteiger partial charge is 0.338 e. The van der Waals surface area contributed by atoms with Crippen molar-refractivity contribution in [1.82, 2.24) is 5.06 Å². The molecular formula is C10H15NO3. The van der Waals surface area contributed by atoms with Crippen LogP contribution in [0, 0.1) is 0 Å². The van der Waals surface area contributed by atoms with Gasteiger partial charge in [0.15, 0.2) is 0 Å². The Kier molecular flexibility index (Phi) is 6.11. The molecule has 0 aromatic rings. The highest BCUT2D eigenvalue weighted by molar-refractivity contribution is 5.77. The molecule has 0 fully saturated rings. The van der Waals surface area contributed by atoms with Crippen molar-refractivity contribution in [1.29, 1.82) is 0 Å². The molecule has 0 aliphatic carbocycles. The molecule has 0 unspecified atom stereocenters. The number of carbonyl (C=O) groups excluding carboxylic acids is 2. The minimum atomic E-state index is -0.515. The number of hydrogen-bond donors (Lipinski definition) is 0. The summed E-state index contributed by atoms with van der Waals surface area (Å²) < 4.78 is 0. The Balaban J connectivity index is 4.16. The van der Waals surface area contributed by atoms with Gasteiger partial charge in [-0.05, 0) is 6.42 Å². The predicted octanol–water partition coefficient (Wildman–Crippen LogP) is 1.45. The normalized spacial score (nSPS) is 8.93. The van der Waals surface area contributed by atoms with E-state index in [1.54, 1.807) is 6.08 Å². The fourth-order valence-electron chi connectivity index (χ4n) is 0.813. The zero-order valence-corrected chi connectivity index (χ0v) is 8.36. The van der Waals surface area contributed by atoms with Gasteiger partial charge >= 0.3 is 5.97 Å². The molecule has 0 aliphatic heterocycles. The molecule has 0 aromatic carbocycles. The highest BCUT2D eigenvalue weighted by Gasteiger charge is 2.13. The van der Waals surface area contributed by atoms with Crippen LogP contribution in [0.1, 0.15) is 19.8 Å². The van der Waals surface area contributed by atoms with Gasteiger partial charge in [0.25, 0.3) is 5.91 Å². The summed E-state index contributed by atoms with van der Waals surface area (Å²) in [5.74, 6) is -0.765. The Morgan fingerprint density at radius 3 is 2.43 bits per heavy atom. The number of hydroxylamine groups is 2. The van der Waals surface area contributed by atoms with Crippen LogP contribution in [0.4, 0.5) is 0 Å². The summed E-state index contributed by atoms with van der Waals surface area (Å²) in [5.41, 5.74) is 0. The number of amides is 1. The molecule has 0 saturated carbocycles. The first kappa shape index (κ1) is 12.4. The maximum atomic E-state index is 11.4. The summed E-state index contributed by atoms with van der Waals surface area (Å²) in [6, 6.07) is 0. The van der Waals surface area contributed by atoms with Crippen LogP contribution in [0.15, 0.2) is 25.3 Å². The van der Waals surface area contributed by atoms with E-state index in [0.717, 1.165) is 5.06 Å². The fourth-order valence-corrected chi connectivity index (χ4v) is 0.813. The van der Waals surface area contributed by atoms with E-state index in [0.29, 0.717) is 6.42 Å². The lowest BCUT2D eigenvalue weighted by molar-refractivity contribution is -0.194. The van der Waals surface area contributed by atoms with Crippen molar-refractivity contribution in [3.63, 3.8) is 0 Å². The van der Waals surface area contributed by atoms with E-state index in [9.17, 15) is 9.59 Å². The van der Waals surface area contributed by atoms with Crippen molar-refractivity contribution >= 4 is 11.9 Å². The quantitative estimate of drug-likeness (QED) is 0.495. The minimum Gasteiger partial charge on any atom is -0.338 e. The lowest BCUT2D eigenvalue weighted by Gasteiger charge is -2.18. The monoisotopic (exact) mass is 197 g/mol. The third kappa shape index (κ3) is 5.13. The van der Waals surface area contributed by atoms with Crippen LogP contribution in [0.25, 0.3) is 0 Å². The first-order chi connectivity index (χ1) is 6.61. The molecule has 0 aliphatic rings. The van der Waals surface area contributed by atoms with Crippen molar-refractivity contribution in [3.05, 3.63) is 25.3 Å². The zero-order chi connectivity index (χ0) is 11.0. The molecule has 78 valence electrons. The van der Waals surface area contributed by atoms with E-state index in [4.69, 9.17) is 0 Å². The molecule has 0 saturated heterocycles. The molecule has 0 bridgehead atoms. The van der Waals surface area contributed by atoms with Gasteiger partial charge in [0.05, 0.1) is 6.54 Å². The maximum Gasteiger partial charge on any atom is 0.329 e. The average molecular weight is 197 g/mol. The Morgan fingerprint density at radius 1 is 1.36 bits per heavy atom. The Bertz CT molecular complexity index is 236. The molecule has 0 spiro atoms. The van der Waals surface area contributed by atoms with Crippen LogP contribution in [-0.2, 0) is 14.4 Å². The topological polar surface area (TPSA) is 46.6 Å². The smallest absolute Gasteiger partial charge is 0.329 e. The first-order valence-electron chi connectivity index (χ1n) is 4.32. The lowest BCUT2D eigenvalue weighted by atomic mass is 10.3. The van der Waals surface area contributed by atoms with Gasteiger partial charge in [0, 0.05) is 13.3 Å². The van der Waals surface area contributed by atoms with Crippen molar-refractivity contribution in [2.75, 3.05) is 6.54 Å². The van der Waals surface area contributed by atoms with E-state index in [1.807, 2.05) is 0 Å². The SMILES string of the molecule is C=CCCC(=O)N(CC=C)OC(C)=O. The molecule has 0 radical (unpaired) electrons. The molecule has 4 nitrogen and oxygen atoms in total. The van der Waals surface area contributed by atoms with Gasteiger partial charge in [0.2, 0.25) is 0 Å². The van der Waals surface area contributed by atoms with E-state index in [2.05, 4.69) is 18.0 Å². The Morgan fingerprint density at radius 2 is 2.00 bits per heavy atom. The van der Waals surface area contributed by atoms with Crippen molar-refractivity contribution in [3.8, 4) is 0 Å². The molecule has 0 aromatic heterocycles. The Labute approximate surface area is 83.8 Å².